The lowest BCUT2D eigenvalue weighted by Gasteiger charge is -2.09. The standard InChI is InChI=1S/C10H15N3O/c1-2-7-6-9(13-10(14)12-7)8-4-3-5-11-8/h6,8,11H,2-5H2,1H3,(H,12,13,14). The highest BCUT2D eigenvalue weighted by atomic mass is 16.1. The fraction of sp³-hybridized carbons (Fsp3) is 0.600. The van der Waals surface area contributed by atoms with Crippen molar-refractivity contribution in [3.8, 4) is 0 Å². The summed E-state index contributed by atoms with van der Waals surface area (Å²) in [6.07, 6.45) is 3.09. The molecule has 2 N–H and O–H groups in total. The predicted octanol–water partition coefficient (Wildman–Crippen LogP) is 0.757. The summed E-state index contributed by atoms with van der Waals surface area (Å²) in [7, 11) is 0. The van der Waals surface area contributed by atoms with E-state index in [4.69, 9.17) is 0 Å². The number of rotatable bonds is 2. The minimum Gasteiger partial charge on any atom is -0.310 e. The van der Waals surface area contributed by atoms with Crippen LogP contribution in [0.25, 0.3) is 0 Å². The SMILES string of the molecule is CCc1cc(C2CCCN2)nc(=O)[nH]1. The van der Waals surface area contributed by atoms with Gasteiger partial charge in [-0.15, -0.1) is 0 Å². The van der Waals surface area contributed by atoms with Crippen molar-refractivity contribution in [1.29, 1.82) is 0 Å². The van der Waals surface area contributed by atoms with Gasteiger partial charge in [0.25, 0.3) is 0 Å². The van der Waals surface area contributed by atoms with Crippen molar-refractivity contribution < 1.29 is 0 Å². The molecule has 0 aliphatic carbocycles. The third kappa shape index (κ3) is 1.85. The Morgan fingerprint density at radius 3 is 3.14 bits per heavy atom. The van der Waals surface area contributed by atoms with Crippen LogP contribution in [0, 0.1) is 0 Å². The average Bonchev–Trinajstić information content (AvgIpc) is 2.69. The van der Waals surface area contributed by atoms with Gasteiger partial charge in [0.1, 0.15) is 0 Å². The quantitative estimate of drug-likeness (QED) is 0.729. The minimum absolute atomic E-state index is 0.229. The van der Waals surface area contributed by atoms with Gasteiger partial charge in [-0.1, -0.05) is 6.92 Å². The molecule has 2 heterocycles. The largest absolute Gasteiger partial charge is 0.345 e. The van der Waals surface area contributed by atoms with E-state index in [-0.39, 0.29) is 11.7 Å². The van der Waals surface area contributed by atoms with E-state index in [9.17, 15) is 4.79 Å². The molecule has 1 fully saturated rings. The third-order valence-electron chi connectivity index (χ3n) is 2.62. The zero-order valence-electron chi connectivity index (χ0n) is 8.34. The van der Waals surface area contributed by atoms with Gasteiger partial charge in [0.05, 0.1) is 5.69 Å². The Morgan fingerprint density at radius 2 is 2.50 bits per heavy atom. The van der Waals surface area contributed by atoms with E-state index in [2.05, 4.69) is 15.3 Å². The maximum Gasteiger partial charge on any atom is 0.345 e. The maximum absolute atomic E-state index is 11.2. The lowest BCUT2D eigenvalue weighted by atomic mass is 10.1. The Hall–Kier alpha value is -1.16. The van der Waals surface area contributed by atoms with Crippen LogP contribution in [0.5, 0.6) is 0 Å². The summed E-state index contributed by atoms with van der Waals surface area (Å²) in [5.74, 6) is 0. The van der Waals surface area contributed by atoms with Crippen LogP contribution in [0.1, 0.15) is 37.2 Å². The molecule has 76 valence electrons. The van der Waals surface area contributed by atoms with Crippen LogP contribution < -0.4 is 11.0 Å². The molecule has 1 atom stereocenters. The van der Waals surface area contributed by atoms with E-state index in [1.54, 1.807) is 0 Å². The van der Waals surface area contributed by atoms with E-state index in [0.717, 1.165) is 30.8 Å². The van der Waals surface area contributed by atoms with Gasteiger partial charge in [-0.25, -0.2) is 4.79 Å². The molecule has 2 rings (SSSR count). The van der Waals surface area contributed by atoms with Gasteiger partial charge < -0.3 is 10.3 Å². The summed E-state index contributed by atoms with van der Waals surface area (Å²) in [4.78, 5) is 17.9. The molecule has 0 radical (unpaired) electrons. The van der Waals surface area contributed by atoms with Crippen molar-refractivity contribution >= 4 is 0 Å². The first kappa shape index (κ1) is 9.40. The first-order valence-corrected chi connectivity index (χ1v) is 5.13. The zero-order valence-corrected chi connectivity index (χ0v) is 8.34. The number of aromatic nitrogens is 2. The molecule has 0 amide bonds. The molecular weight excluding hydrogens is 178 g/mol. The predicted molar refractivity (Wildman–Crippen MR) is 54.2 cm³/mol. The number of aryl methyl sites for hydroxylation is 1. The number of aromatic amines is 1. The van der Waals surface area contributed by atoms with Crippen molar-refractivity contribution in [3.63, 3.8) is 0 Å². The lowest BCUT2D eigenvalue weighted by molar-refractivity contribution is 0.619. The first-order chi connectivity index (χ1) is 6.79. The minimum atomic E-state index is -0.229. The molecular formula is C10H15N3O. The molecule has 0 saturated carbocycles. The smallest absolute Gasteiger partial charge is 0.310 e. The fourth-order valence-electron chi connectivity index (χ4n) is 1.84. The van der Waals surface area contributed by atoms with Crippen LogP contribution in [0.4, 0.5) is 0 Å². The van der Waals surface area contributed by atoms with Crippen LogP contribution in [0.15, 0.2) is 10.9 Å². The topological polar surface area (TPSA) is 57.8 Å². The molecule has 4 heteroatoms. The fourth-order valence-corrected chi connectivity index (χ4v) is 1.84. The second-order valence-electron chi connectivity index (χ2n) is 3.64. The van der Waals surface area contributed by atoms with Crippen molar-refractivity contribution in [3.05, 3.63) is 27.9 Å². The molecule has 1 aliphatic rings. The van der Waals surface area contributed by atoms with E-state index in [0.29, 0.717) is 0 Å². The van der Waals surface area contributed by atoms with Gasteiger partial charge in [-0.2, -0.15) is 4.98 Å². The van der Waals surface area contributed by atoms with Gasteiger partial charge in [0, 0.05) is 11.7 Å². The van der Waals surface area contributed by atoms with E-state index in [1.165, 1.54) is 6.42 Å². The monoisotopic (exact) mass is 193 g/mol. The Balaban J connectivity index is 2.32. The Kier molecular flexibility index (Phi) is 2.63. The van der Waals surface area contributed by atoms with Crippen molar-refractivity contribution in [2.24, 2.45) is 0 Å². The van der Waals surface area contributed by atoms with Crippen LogP contribution in [0.2, 0.25) is 0 Å². The first-order valence-electron chi connectivity index (χ1n) is 5.13. The van der Waals surface area contributed by atoms with Crippen LogP contribution in [0.3, 0.4) is 0 Å². The Morgan fingerprint density at radius 1 is 1.64 bits per heavy atom. The van der Waals surface area contributed by atoms with Gasteiger partial charge in [0.2, 0.25) is 0 Å². The van der Waals surface area contributed by atoms with Gasteiger partial charge in [0.15, 0.2) is 0 Å². The molecule has 14 heavy (non-hydrogen) atoms. The molecule has 1 unspecified atom stereocenters. The summed E-state index contributed by atoms with van der Waals surface area (Å²) < 4.78 is 0. The maximum atomic E-state index is 11.2. The summed E-state index contributed by atoms with van der Waals surface area (Å²) in [5, 5.41) is 3.34. The molecule has 1 saturated heterocycles. The number of nitrogens with zero attached hydrogens (tertiary/aromatic N) is 1. The second kappa shape index (κ2) is 3.92. The van der Waals surface area contributed by atoms with Crippen LogP contribution in [-0.2, 0) is 6.42 Å². The second-order valence-corrected chi connectivity index (χ2v) is 3.64. The molecule has 0 aromatic carbocycles. The van der Waals surface area contributed by atoms with E-state index >= 15 is 0 Å². The highest BCUT2D eigenvalue weighted by Gasteiger charge is 2.18. The van der Waals surface area contributed by atoms with Crippen LogP contribution in [-0.4, -0.2) is 16.5 Å². The number of hydrogen-bond donors (Lipinski definition) is 2. The van der Waals surface area contributed by atoms with Crippen molar-refractivity contribution in [2.45, 2.75) is 32.2 Å². The number of H-pyrrole nitrogens is 1. The third-order valence-corrected chi connectivity index (χ3v) is 2.62. The highest BCUT2D eigenvalue weighted by Crippen LogP contribution is 2.20. The Labute approximate surface area is 82.8 Å². The lowest BCUT2D eigenvalue weighted by Crippen LogP contribution is -2.21. The average molecular weight is 193 g/mol. The van der Waals surface area contributed by atoms with E-state index < -0.39 is 0 Å². The Bertz CT molecular complexity index is 366. The summed E-state index contributed by atoms with van der Waals surface area (Å²) in [5.41, 5.74) is 1.63. The molecule has 0 spiro atoms. The molecule has 1 aromatic heterocycles. The molecule has 4 nitrogen and oxygen atoms in total. The van der Waals surface area contributed by atoms with Crippen molar-refractivity contribution in [1.82, 2.24) is 15.3 Å². The molecule has 1 aliphatic heterocycles. The summed E-state index contributed by atoms with van der Waals surface area (Å²) in [6, 6.07) is 2.27. The molecule has 0 bridgehead atoms. The summed E-state index contributed by atoms with van der Waals surface area (Å²) in [6.45, 7) is 3.05. The zero-order chi connectivity index (χ0) is 9.97. The number of nitrogens with one attached hydrogen (secondary N) is 2. The van der Waals surface area contributed by atoms with Gasteiger partial charge in [-0.05, 0) is 31.9 Å². The normalized spacial score (nSPS) is 21.4. The van der Waals surface area contributed by atoms with Crippen LogP contribution >= 0.6 is 0 Å². The molecule has 1 aromatic rings. The highest BCUT2D eigenvalue weighted by molar-refractivity contribution is 5.13. The van der Waals surface area contributed by atoms with Gasteiger partial charge in [-0.3, -0.25) is 0 Å². The van der Waals surface area contributed by atoms with Gasteiger partial charge >= 0.3 is 5.69 Å². The number of hydrogen-bond acceptors (Lipinski definition) is 3. The van der Waals surface area contributed by atoms with Crippen molar-refractivity contribution in [2.75, 3.05) is 6.54 Å². The summed E-state index contributed by atoms with van der Waals surface area (Å²) >= 11 is 0. The van der Waals surface area contributed by atoms with E-state index in [1.807, 2.05) is 13.0 Å².